The van der Waals surface area contributed by atoms with Crippen LogP contribution in [0.3, 0.4) is 0 Å². The Balaban J connectivity index is 0.00000180. The Bertz CT molecular complexity index is 546. The molecule has 0 saturated heterocycles. The van der Waals surface area contributed by atoms with E-state index in [0.717, 1.165) is 21.3 Å². The van der Waals surface area contributed by atoms with Crippen molar-refractivity contribution < 1.29 is 4.74 Å². The highest BCUT2D eigenvalue weighted by Crippen LogP contribution is 2.26. The third-order valence-corrected chi connectivity index (χ3v) is 3.12. The first-order valence-corrected chi connectivity index (χ1v) is 6.60. The molecule has 2 rings (SSSR count). The molecule has 0 spiro atoms. The Morgan fingerprint density at radius 2 is 2.05 bits per heavy atom. The van der Waals surface area contributed by atoms with Crippen LogP contribution in [0.5, 0.6) is 5.75 Å². The van der Waals surface area contributed by atoms with Crippen LogP contribution in [0.1, 0.15) is 18.1 Å². The molecule has 0 radical (unpaired) electrons. The smallest absolute Gasteiger partial charge is 0.126 e. The average molecular weight is 324 g/mol. The van der Waals surface area contributed by atoms with E-state index < -0.39 is 0 Å². The highest BCUT2D eigenvalue weighted by molar-refractivity contribution is 9.10. The van der Waals surface area contributed by atoms with Crippen molar-refractivity contribution in [1.29, 1.82) is 0 Å². The van der Waals surface area contributed by atoms with Crippen LogP contribution in [-0.2, 0) is 6.42 Å². The van der Waals surface area contributed by atoms with Gasteiger partial charge in [-0.3, -0.25) is 0 Å². The Kier molecular flexibility index (Phi) is 5.79. The molecular formula is C14H18BrN3O. The van der Waals surface area contributed by atoms with Gasteiger partial charge in [-0.1, -0.05) is 22.0 Å². The lowest BCUT2D eigenvalue weighted by Gasteiger charge is -2.11. The summed E-state index contributed by atoms with van der Waals surface area (Å²) in [5, 5.41) is 0. The van der Waals surface area contributed by atoms with Gasteiger partial charge in [-0.15, -0.1) is 0 Å². The molecule has 0 aliphatic carbocycles. The van der Waals surface area contributed by atoms with Crippen LogP contribution in [0.4, 0.5) is 5.82 Å². The molecular weight excluding hydrogens is 306 g/mol. The second-order valence-corrected chi connectivity index (χ2v) is 4.83. The van der Waals surface area contributed by atoms with Gasteiger partial charge < -0.3 is 16.6 Å². The molecule has 19 heavy (non-hydrogen) atoms. The number of rotatable bonds is 4. The summed E-state index contributed by atoms with van der Waals surface area (Å²) in [6.07, 6.45) is 2.41. The van der Waals surface area contributed by atoms with Crippen molar-refractivity contribution in [2.75, 3.05) is 12.3 Å². The summed E-state index contributed by atoms with van der Waals surface area (Å²) in [6, 6.07) is 9.87. The second-order valence-electron chi connectivity index (χ2n) is 3.91. The Morgan fingerprint density at radius 1 is 1.26 bits per heavy atom. The van der Waals surface area contributed by atoms with Crippen molar-refractivity contribution in [3.8, 4) is 5.75 Å². The molecule has 0 fully saturated rings. The van der Waals surface area contributed by atoms with Crippen molar-refractivity contribution >= 4 is 21.7 Å². The van der Waals surface area contributed by atoms with E-state index >= 15 is 0 Å². The highest BCUT2D eigenvalue weighted by Gasteiger charge is 2.07. The van der Waals surface area contributed by atoms with E-state index in [2.05, 4.69) is 27.0 Å². The summed E-state index contributed by atoms with van der Waals surface area (Å²) in [4.78, 5) is 4.10. The molecule has 0 amide bonds. The van der Waals surface area contributed by atoms with Crippen LogP contribution >= 0.6 is 15.9 Å². The molecule has 5 heteroatoms. The third-order valence-electron chi connectivity index (χ3n) is 2.63. The molecule has 4 nitrogen and oxygen atoms in total. The van der Waals surface area contributed by atoms with Crippen molar-refractivity contribution in [3.63, 3.8) is 0 Å². The number of anilines is 1. The molecule has 5 N–H and O–H groups in total. The number of aromatic nitrogens is 1. The third kappa shape index (κ3) is 3.94. The SMILES string of the molecule is CCOc1ccc(Br)cc1Cc1cccnc1N.N. The van der Waals surface area contributed by atoms with Crippen molar-refractivity contribution in [1.82, 2.24) is 11.1 Å². The zero-order valence-electron chi connectivity index (χ0n) is 10.9. The summed E-state index contributed by atoms with van der Waals surface area (Å²) in [5.74, 6) is 1.46. The summed E-state index contributed by atoms with van der Waals surface area (Å²) in [5.41, 5.74) is 7.98. The minimum atomic E-state index is 0. The Morgan fingerprint density at radius 3 is 2.74 bits per heavy atom. The number of hydrogen-bond acceptors (Lipinski definition) is 4. The van der Waals surface area contributed by atoms with E-state index in [1.807, 2.05) is 31.2 Å². The molecule has 1 aromatic carbocycles. The zero-order valence-corrected chi connectivity index (χ0v) is 12.5. The lowest BCUT2D eigenvalue weighted by atomic mass is 10.0. The maximum atomic E-state index is 5.87. The number of hydrogen-bond donors (Lipinski definition) is 2. The fraction of sp³-hybridized carbons (Fsp3) is 0.214. The summed E-state index contributed by atoms with van der Waals surface area (Å²) < 4.78 is 6.65. The first-order chi connectivity index (χ1) is 8.70. The van der Waals surface area contributed by atoms with Crippen LogP contribution in [0, 0.1) is 0 Å². The zero-order chi connectivity index (χ0) is 13.0. The van der Waals surface area contributed by atoms with E-state index in [0.29, 0.717) is 18.8 Å². The van der Waals surface area contributed by atoms with E-state index in [1.54, 1.807) is 6.20 Å². The van der Waals surface area contributed by atoms with E-state index in [4.69, 9.17) is 10.5 Å². The van der Waals surface area contributed by atoms with E-state index in [-0.39, 0.29) is 6.15 Å². The predicted octanol–water partition coefficient (Wildman–Crippen LogP) is 3.58. The van der Waals surface area contributed by atoms with Gasteiger partial charge in [0, 0.05) is 17.1 Å². The quantitative estimate of drug-likeness (QED) is 0.900. The molecule has 1 heterocycles. The number of halogens is 1. The topological polar surface area (TPSA) is 83.1 Å². The molecule has 0 bridgehead atoms. The van der Waals surface area contributed by atoms with E-state index in [1.165, 1.54) is 0 Å². The van der Waals surface area contributed by atoms with Crippen molar-refractivity contribution in [3.05, 3.63) is 52.1 Å². The molecule has 1 aromatic heterocycles. The minimum Gasteiger partial charge on any atom is -0.494 e. The molecule has 0 saturated carbocycles. The number of nitrogens with two attached hydrogens (primary N) is 1. The van der Waals surface area contributed by atoms with Crippen LogP contribution in [0.15, 0.2) is 41.0 Å². The summed E-state index contributed by atoms with van der Waals surface area (Å²) >= 11 is 3.48. The fourth-order valence-electron chi connectivity index (χ4n) is 1.79. The molecule has 0 unspecified atom stereocenters. The number of nitrogens with zero attached hydrogens (tertiary/aromatic N) is 1. The Hall–Kier alpha value is -1.59. The lowest BCUT2D eigenvalue weighted by molar-refractivity contribution is 0.337. The summed E-state index contributed by atoms with van der Waals surface area (Å²) in [6.45, 7) is 2.63. The van der Waals surface area contributed by atoms with Crippen molar-refractivity contribution in [2.45, 2.75) is 13.3 Å². The maximum Gasteiger partial charge on any atom is 0.126 e. The normalized spacial score (nSPS) is 9.79. The number of benzene rings is 1. The molecule has 0 aliphatic rings. The van der Waals surface area contributed by atoms with E-state index in [9.17, 15) is 0 Å². The molecule has 0 atom stereocenters. The van der Waals surface area contributed by atoms with Gasteiger partial charge in [0.2, 0.25) is 0 Å². The maximum absolute atomic E-state index is 5.87. The van der Waals surface area contributed by atoms with Crippen LogP contribution in [-0.4, -0.2) is 11.6 Å². The minimum absolute atomic E-state index is 0. The van der Waals surface area contributed by atoms with Gasteiger partial charge >= 0.3 is 0 Å². The van der Waals surface area contributed by atoms with Gasteiger partial charge in [0.1, 0.15) is 11.6 Å². The second kappa shape index (κ2) is 7.11. The summed E-state index contributed by atoms with van der Waals surface area (Å²) in [7, 11) is 0. The first-order valence-electron chi connectivity index (χ1n) is 5.81. The van der Waals surface area contributed by atoms with Crippen LogP contribution < -0.4 is 16.6 Å². The number of pyridine rings is 1. The number of nitrogen functional groups attached to an aromatic ring is 1. The standard InChI is InChI=1S/C14H15BrN2O.H3N/c1-2-18-13-6-5-12(15)9-11(13)8-10-4-3-7-17-14(10)16;/h3-7,9H,2,8H2,1H3,(H2,16,17);1H3. The molecule has 2 aromatic rings. The molecule has 102 valence electrons. The van der Waals surface area contributed by atoms with Gasteiger partial charge in [-0.05, 0) is 42.3 Å². The Labute approximate surface area is 121 Å². The largest absolute Gasteiger partial charge is 0.494 e. The van der Waals surface area contributed by atoms with Crippen LogP contribution in [0.2, 0.25) is 0 Å². The van der Waals surface area contributed by atoms with Gasteiger partial charge in [0.15, 0.2) is 0 Å². The van der Waals surface area contributed by atoms with Gasteiger partial charge in [0.05, 0.1) is 6.61 Å². The fourth-order valence-corrected chi connectivity index (χ4v) is 2.20. The first kappa shape index (κ1) is 15.5. The van der Waals surface area contributed by atoms with Crippen LogP contribution in [0.25, 0.3) is 0 Å². The van der Waals surface area contributed by atoms with Gasteiger partial charge in [-0.25, -0.2) is 4.98 Å². The van der Waals surface area contributed by atoms with Gasteiger partial charge in [-0.2, -0.15) is 0 Å². The predicted molar refractivity (Wildman–Crippen MR) is 81.8 cm³/mol. The molecule has 0 aliphatic heterocycles. The van der Waals surface area contributed by atoms with Crippen molar-refractivity contribution in [2.24, 2.45) is 0 Å². The lowest BCUT2D eigenvalue weighted by Crippen LogP contribution is -2.01. The monoisotopic (exact) mass is 323 g/mol. The number of ether oxygens (including phenoxy) is 1. The average Bonchev–Trinajstić information content (AvgIpc) is 2.36. The van der Waals surface area contributed by atoms with Gasteiger partial charge in [0.25, 0.3) is 0 Å². The highest BCUT2D eigenvalue weighted by atomic mass is 79.9.